The first kappa shape index (κ1) is 22.1. The zero-order valence-electron chi connectivity index (χ0n) is 17.9. The highest BCUT2D eigenvalue weighted by atomic mass is 32.2. The van der Waals surface area contributed by atoms with E-state index in [-0.39, 0.29) is 21.7 Å². The molecule has 5 rings (SSSR count). The molecule has 34 heavy (non-hydrogen) atoms. The van der Waals surface area contributed by atoms with Crippen molar-refractivity contribution in [1.29, 1.82) is 5.41 Å². The number of amides is 1. The summed E-state index contributed by atoms with van der Waals surface area (Å²) in [6.45, 7) is 0.405. The number of hydrogen-bond acceptors (Lipinski definition) is 7. The Kier molecular flexibility index (Phi) is 5.54. The molecule has 2 heterocycles. The third-order valence-electron chi connectivity index (χ3n) is 5.29. The molecule has 170 valence electrons. The first-order valence-corrected chi connectivity index (χ1v) is 12.9. The van der Waals surface area contributed by atoms with Gasteiger partial charge < -0.3 is 4.74 Å². The van der Waals surface area contributed by atoms with Crippen LogP contribution in [0.3, 0.4) is 0 Å². The summed E-state index contributed by atoms with van der Waals surface area (Å²) in [6.07, 6.45) is 2.50. The van der Waals surface area contributed by atoms with E-state index < -0.39 is 15.7 Å². The lowest BCUT2D eigenvalue weighted by Gasteiger charge is -2.23. The molecule has 0 saturated heterocycles. The summed E-state index contributed by atoms with van der Waals surface area (Å²) in [6, 6.07) is 21.3. The maximum absolute atomic E-state index is 12.5. The van der Waals surface area contributed by atoms with E-state index in [2.05, 4.69) is 27.6 Å². The number of amidine groups is 3. The number of aliphatic imine (C=N–C) groups is 1. The van der Waals surface area contributed by atoms with Crippen molar-refractivity contribution >= 4 is 60.7 Å². The Morgan fingerprint density at radius 1 is 1.06 bits per heavy atom. The number of ether oxygens (including phenoxy) is 1. The average Bonchev–Trinajstić information content (AvgIpc) is 3.26. The van der Waals surface area contributed by atoms with Crippen molar-refractivity contribution < 1.29 is 17.9 Å². The summed E-state index contributed by atoms with van der Waals surface area (Å²) in [5, 5.41) is 10.4. The highest BCUT2D eigenvalue weighted by molar-refractivity contribution is 8.16. The van der Waals surface area contributed by atoms with Crippen LogP contribution in [0.5, 0.6) is 5.75 Å². The molecule has 8 nitrogen and oxygen atoms in total. The molecule has 0 aliphatic carbocycles. The van der Waals surface area contributed by atoms with Gasteiger partial charge in [-0.25, -0.2) is 13.3 Å². The molecule has 0 radical (unpaired) electrons. The molecule has 0 spiro atoms. The number of fused-ring (bicyclic) bond motifs is 2. The second kappa shape index (κ2) is 8.54. The van der Waals surface area contributed by atoms with Gasteiger partial charge in [-0.15, -0.1) is 0 Å². The number of nitrogens with one attached hydrogen (secondary N) is 1. The molecule has 1 N–H and O–H groups in total. The summed E-state index contributed by atoms with van der Waals surface area (Å²) in [5.41, 5.74) is 1.70. The van der Waals surface area contributed by atoms with Crippen LogP contribution in [0.2, 0.25) is 0 Å². The van der Waals surface area contributed by atoms with Gasteiger partial charge in [0.2, 0.25) is 20.2 Å². The topological polar surface area (TPSA) is 112 Å². The van der Waals surface area contributed by atoms with Gasteiger partial charge in [-0.05, 0) is 40.1 Å². The van der Waals surface area contributed by atoms with Crippen LogP contribution in [0.25, 0.3) is 16.8 Å². The average molecular weight is 491 g/mol. The third kappa shape index (κ3) is 4.13. The number of benzene rings is 3. The van der Waals surface area contributed by atoms with Gasteiger partial charge in [0.15, 0.2) is 0 Å². The molecule has 0 fully saturated rings. The molecule has 3 aromatic carbocycles. The van der Waals surface area contributed by atoms with Crippen LogP contribution in [0.15, 0.2) is 81.7 Å². The van der Waals surface area contributed by atoms with Gasteiger partial charge in [0.25, 0.3) is 5.91 Å². The predicted octanol–water partition coefficient (Wildman–Crippen LogP) is 4.04. The fourth-order valence-electron chi connectivity index (χ4n) is 3.64. The minimum absolute atomic E-state index is 0.0213. The molecule has 3 aromatic rings. The zero-order chi connectivity index (χ0) is 23.9. The van der Waals surface area contributed by atoms with E-state index in [1.165, 1.54) is 6.08 Å². The summed E-state index contributed by atoms with van der Waals surface area (Å²) in [7, 11) is -3.69. The molecule has 2 aliphatic rings. The minimum Gasteiger partial charge on any atom is -0.489 e. The minimum atomic E-state index is -3.69. The largest absolute Gasteiger partial charge is 0.489 e. The van der Waals surface area contributed by atoms with Gasteiger partial charge in [0.1, 0.15) is 18.2 Å². The van der Waals surface area contributed by atoms with Crippen molar-refractivity contribution in [3.8, 4) is 5.75 Å². The maximum Gasteiger partial charge on any atom is 0.283 e. The van der Waals surface area contributed by atoms with Crippen molar-refractivity contribution in [2.75, 3.05) is 6.26 Å². The smallest absolute Gasteiger partial charge is 0.283 e. The predicted molar refractivity (Wildman–Crippen MR) is 135 cm³/mol. The SMILES string of the molecule is CS(=O)(=O)C1=NSC2=NC(=O)/C(=C\c3ccc(OCc4cccc5ccccc45)cc3)C(=N)N21. The molecular formula is C24H18N4O4S2. The molecule has 0 bridgehead atoms. The van der Waals surface area contributed by atoms with E-state index in [4.69, 9.17) is 10.1 Å². The highest BCUT2D eigenvalue weighted by Gasteiger charge is 2.41. The summed E-state index contributed by atoms with van der Waals surface area (Å²) in [4.78, 5) is 17.5. The monoisotopic (exact) mass is 490 g/mol. The van der Waals surface area contributed by atoms with Gasteiger partial charge in [0.05, 0.1) is 17.5 Å². The van der Waals surface area contributed by atoms with E-state index >= 15 is 0 Å². The molecule has 10 heteroatoms. The van der Waals surface area contributed by atoms with Crippen molar-refractivity contribution in [3.63, 3.8) is 0 Å². The van der Waals surface area contributed by atoms with E-state index in [9.17, 15) is 13.2 Å². The van der Waals surface area contributed by atoms with Crippen LogP contribution in [-0.2, 0) is 21.2 Å². The zero-order valence-corrected chi connectivity index (χ0v) is 19.6. The van der Waals surface area contributed by atoms with Gasteiger partial charge >= 0.3 is 0 Å². The second-order valence-corrected chi connectivity index (χ2v) is 10.3. The van der Waals surface area contributed by atoms with Crippen LogP contribution in [0, 0.1) is 5.41 Å². The lowest BCUT2D eigenvalue weighted by Crippen LogP contribution is -2.45. The first-order chi connectivity index (χ1) is 16.3. The van der Waals surface area contributed by atoms with Gasteiger partial charge in [-0.2, -0.15) is 9.39 Å². The lowest BCUT2D eigenvalue weighted by atomic mass is 10.1. The van der Waals surface area contributed by atoms with Crippen molar-refractivity contribution in [2.45, 2.75) is 6.61 Å². The van der Waals surface area contributed by atoms with Crippen molar-refractivity contribution in [3.05, 3.63) is 83.4 Å². The Bertz CT molecular complexity index is 1540. The number of nitrogens with zero attached hydrogens (tertiary/aromatic N) is 3. The molecule has 2 aliphatic heterocycles. The molecular weight excluding hydrogens is 472 g/mol. The van der Waals surface area contributed by atoms with E-state index in [0.29, 0.717) is 17.9 Å². The quantitative estimate of drug-likeness (QED) is 0.436. The number of sulfone groups is 1. The first-order valence-electron chi connectivity index (χ1n) is 10.2. The molecule has 1 amide bonds. The number of carbonyl (C=O) groups excluding carboxylic acids is 1. The number of rotatable bonds is 4. The van der Waals surface area contributed by atoms with Crippen LogP contribution >= 0.6 is 11.9 Å². The van der Waals surface area contributed by atoms with Gasteiger partial charge in [-0.1, -0.05) is 54.6 Å². The lowest BCUT2D eigenvalue weighted by molar-refractivity contribution is -0.114. The fourth-order valence-corrected chi connectivity index (χ4v) is 5.49. The number of hydrogen-bond donors (Lipinski definition) is 1. The van der Waals surface area contributed by atoms with Crippen LogP contribution in [-0.4, -0.2) is 41.7 Å². The van der Waals surface area contributed by atoms with E-state index in [0.717, 1.165) is 39.4 Å². The molecule has 0 unspecified atom stereocenters. The number of carbonyl (C=O) groups is 1. The standard InChI is InChI=1S/C24H18N4O4S2/c1-34(30,31)24-27-33-23-26-22(29)20(21(25)28(23)24)13-15-9-11-18(12-10-15)32-14-17-7-4-6-16-5-2-3-8-19(16)17/h2-13,25H,14H2,1H3/b20-13-,25-21?. The van der Waals surface area contributed by atoms with Gasteiger partial charge in [0, 0.05) is 6.26 Å². The normalized spacial score (nSPS) is 17.1. The van der Waals surface area contributed by atoms with Crippen molar-refractivity contribution in [2.24, 2.45) is 9.39 Å². The maximum atomic E-state index is 12.5. The Labute approximate surface area is 200 Å². The van der Waals surface area contributed by atoms with E-state index in [1.807, 2.05) is 24.3 Å². The summed E-state index contributed by atoms with van der Waals surface area (Å²) in [5.74, 6) is -0.242. The molecule has 0 atom stereocenters. The molecule has 0 saturated carbocycles. The Hall–Kier alpha value is -3.76. The fraction of sp³-hybridized carbons (Fsp3) is 0.0833. The third-order valence-corrected chi connectivity index (χ3v) is 7.05. The second-order valence-electron chi connectivity index (χ2n) is 7.67. The van der Waals surface area contributed by atoms with E-state index in [1.54, 1.807) is 24.3 Å². The van der Waals surface area contributed by atoms with Crippen molar-refractivity contribution in [1.82, 2.24) is 4.90 Å². The van der Waals surface area contributed by atoms with Crippen LogP contribution in [0.1, 0.15) is 11.1 Å². The van der Waals surface area contributed by atoms with Crippen LogP contribution < -0.4 is 4.74 Å². The Morgan fingerprint density at radius 2 is 1.79 bits per heavy atom. The molecule has 0 aromatic heterocycles. The summed E-state index contributed by atoms with van der Waals surface area (Å²) >= 11 is 0.763. The Balaban J connectivity index is 1.34. The Morgan fingerprint density at radius 3 is 2.56 bits per heavy atom. The van der Waals surface area contributed by atoms with Gasteiger partial charge in [-0.3, -0.25) is 10.2 Å². The summed E-state index contributed by atoms with van der Waals surface area (Å²) < 4.78 is 33.8. The van der Waals surface area contributed by atoms with Crippen LogP contribution in [0.4, 0.5) is 0 Å². The highest BCUT2D eigenvalue weighted by Crippen LogP contribution is 2.30.